The predicted octanol–water partition coefficient (Wildman–Crippen LogP) is 4.59. The molecule has 4 nitrogen and oxygen atoms in total. The van der Waals surface area contributed by atoms with Gasteiger partial charge in [-0.1, -0.05) is 45.0 Å². The van der Waals surface area contributed by atoms with E-state index >= 15 is 0 Å². The molecule has 0 bridgehead atoms. The molecule has 0 radical (unpaired) electrons. The minimum absolute atomic E-state index is 0.0789. The highest BCUT2D eigenvalue weighted by Gasteiger charge is 2.42. The zero-order valence-electron chi connectivity index (χ0n) is 18.5. The van der Waals surface area contributed by atoms with Crippen LogP contribution in [0.2, 0.25) is 0 Å². The van der Waals surface area contributed by atoms with Crippen LogP contribution in [0.4, 0.5) is 0 Å². The lowest BCUT2D eigenvalue weighted by molar-refractivity contribution is -0.131. The number of piperidine rings is 1. The van der Waals surface area contributed by atoms with Crippen molar-refractivity contribution < 1.29 is 9.53 Å². The lowest BCUT2D eigenvalue weighted by Gasteiger charge is -2.47. The van der Waals surface area contributed by atoms with Crippen molar-refractivity contribution in [2.45, 2.75) is 83.3 Å². The molecule has 0 aromatic heterocycles. The number of carbonyl (C=O) groups is 1. The number of rotatable bonds is 4. The molecule has 2 fully saturated rings. The molecule has 1 aliphatic carbocycles. The number of hydrogen-bond donors (Lipinski definition) is 1. The Morgan fingerprint density at radius 1 is 1.17 bits per heavy atom. The van der Waals surface area contributed by atoms with Crippen molar-refractivity contribution in [3.63, 3.8) is 0 Å². The van der Waals surface area contributed by atoms with Gasteiger partial charge in [0.25, 0.3) is 0 Å². The highest BCUT2D eigenvalue weighted by Crippen LogP contribution is 2.48. The Balaban J connectivity index is 1.44. The maximum atomic E-state index is 12.6. The van der Waals surface area contributed by atoms with E-state index in [2.05, 4.69) is 55.3 Å². The monoisotopic (exact) mass is 398 g/mol. The van der Waals surface area contributed by atoms with Crippen LogP contribution in [0, 0.1) is 5.41 Å². The first-order valence-corrected chi connectivity index (χ1v) is 11.6. The Morgan fingerprint density at radius 3 is 2.62 bits per heavy atom. The van der Waals surface area contributed by atoms with E-state index in [1.807, 2.05) is 0 Å². The second-order valence-electron chi connectivity index (χ2n) is 10.6. The van der Waals surface area contributed by atoms with Crippen LogP contribution in [0.25, 0.3) is 0 Å². The van der Waals surface area contributed by atoms with Crippen LogP contribution in [0.15, 0.2) is 24.3 Å². The van der Waals surface area contributed by atoms with E-state index in [-0.39, 0.29) is 18.1 Å². The minimum Gasteiger partial charge on any atom is -0.368 e. The molecule has 4 heteroatoms. The zero-order chi connectivity index (χ0) is 20.5. The van der Waals surface area contributed by atoms with Gasteiger partial charge in [-0.05, 0) is 86.5 Å². The number of nitrogens with one attached hydrogen (secondary N) is 1. The molecule has 2 saturated heterocycles. The van der Waals surface area contributed by atoms with Gasteiger partial charge in [-0.3, -0.25) is 4.79 Å². The van der Waals surface area contributed by atoms with E-state index in [1.54, 1.807) is 0 Å². The maximum Gasteiger partial charge on any atom is 0.249 e. The average molecular weight is 399 g/mol. The van der Waals surface area contributed by atoms with Crippen LogP contribution < -0.4 is 5.32 Å². The summed E-state index contributed by atoms with van der Waals surface area (Å²) in [6, 6.07) is 9.00. The first-order valence-electron chi connectivity index (χ1n) is 11.6. The molecule has 160 valence electrons. The van der Waals surface area contributed by atoms with Gasteiger partial charge in [0.1, 0.15) is 6.10 Å². The molecular weight excluding hydrogens is 360 g/mol. The molecule has 1 aromatic rings. The quantitative estimate of drug-likeness (QED) is 0.807. The summed E-state index contributed by atoms with van der Waals surface area (Å²) in [4.78, 5) is 15.3. The summed E-state index contributed by atoms with van der Waals surface area (Å²) >= 11 is 0. The summed E-state index contributed by atoms with van der Waals surface area (Å²) in [5.74, 6) is 0.0789. The first kappa shape index (κ1) is 20.9. The second kappa shape index (κ2) is 8.39. The van der Waals surface area contributed by atoms with Crippen LogP contribution in [0.1, 0.15) is 82.9 Å². The Hall–Kier alpha value is -1.39. The van der Waals surface area contributed by atoms with Gasteiger partial charge in [-0.25, -0.2) is 0 Å². The summed E-state index contributed by atoms with van der Waals surface area (Å²) in [7, 11) is 0. The summed E-state index contributed by atoms with van der Waals surface area (Å²) < 4.78 is 5.60. The summed E-state index contributed by atoms with van der Waals surface area (Å²) in [6.45, 7) is 11.3. The highest BCUT2D eigenvalue weighted by molar-refractivity contribution is 5.81. The molecule has 2 atom stereocenters. The lowest BCUT2D eigenvalue weighted by atomic mass is 9.63. The summed E-state index contributed by atoms with van der Waals surface area (Å²) in [5.41, 5.74) is 3.52. The smallest absolute Gasteiger partial charge is 0.249 e. The third-order valence-corrected chi connectivity index (χ3v) is 7.35. The van der Waals surface area contributed by atoms with Crippen molar-refractivity contribution in [3.05, 3.63) is 35.4 Å². The normalized spacial score (nSPS) is 27.0. The van der Waals surface area contributed by atoms with Crippen molar-refractivity contribution in [1.82, 2.24) is 10.2 Å². The molecule has 0 saturated carbocycles. The largest absolute Gasteiger partial charge is 0.368 e. The Labute approximate surface area is 176 Å². The van der Waals surface area contributed by atoms with Crippen LogP contribution >= 0.6 is 0 Å². The molecule has 2 heterocycles. The van der Waals surface area contributed by atoms with Crippen molar-refractivity contribution in [1.29, 1.82) is 0 Å². The topological polar surface area (TPSA) is 41.6 Å². The van der Waals surface area contributed by atoms with E-state index in [9.17, 15) is 4.79 Å². The fourth-order valence-electron chi connectivity index (χ4n) is 5.41. The standard InChI is InChI=1S/C25H38N2O2/c1-24(2,3)12-15-27-16-13-25(14-17-27)11-10-21(19-7-4-5-8-20(19)25)26-23(28)22-9-6-18-29-22/h4-5,7-8,21-22H,6,9-18H2,1-3H3,(H,26,28)/t21-,22?/m1/s1. The molecule has 1 amide bonds. The van der Waals surface area contributed by atoms with Crippen molar-refractivity contribution in [3.8, 4) is 0 Å². The number of likely N-dealkylation sites (tertiary alicyclic amines) is 1. The summed E-state index contributed by atoms with van der Waals surface area (Å²) in [5, 5.41) is 3.31. The maximum absolute atomic E-state index is 12.6. The van der Waals surface area contributed by atoms with Gasteiger partial charge in [-0.2, -0.15) is 0 Å². The Kier molecular flexibility index (Phi) is 6.04. The number of nitrogens with zero attached hydrogens (tertiary/aromatic N) is 1. The van der Waals surface area contributed by atoms with E-state index in [1.165, 1.54) is 56.4 Å². The molecule has 2 aliphatic heterocycles. The first-order chi connectivity index (χ1) is 13.9. The molecule has 4 rings (SSSR count). The molecule has 1 spiro atoms. The van der Waals surface area contributed by atoms with Gasteiger partial charge in [-0.15, -0.1) is 0 Å². The lowest BCUT2D eigenvalue weighted by Crippen LogP contribution is -2.47. The number of benzene rings is 1. The van der Waals surface area contributed by atoms with Crippen LogP contribution in [-0.4, -0.2) is 43.2 Å². The number of hydrogen-bond acceptors (Lipinski definition) is 3. The number of fused-ring (bicyclic) bond motifs is 2. The molecule has 1 unspecified atom stereocenters. The van der Waals surface area contributed by atoms with Crippen molar-refractivity contribution >= 4 is 5.91 Å². The number of carbonyl (C=O) groups excluding carboxylic acids is 1. The summed E-state index contributed by atoms with van der Waals surface area (Å²) in [6.07, 6.45) is 7.55. The van der Waals surface area contributed by atoms with Gasteiger partial charge in [0.05, 0.1) is 6.04 Å². The van der Waals surface area contributed by atoms with Crippen LogP contribution in [0.5, 0.6) is 0 Å². The Morgan fingerprint density at radius 2 is 1.93 bits per heavy atom. The van der Waals surface area contributed by atoms with Gasteiger partial charge in [0.2, 0.25) is 5.91 Å². The highest BCUT2D eigenvalue weighted by atomic mass is 16.5. The van der Waals surface area contributed by atoms with Crippen LogP contribution in [-0.2, 0) is 14.9 Å². The van der Waals surface area contributed by atoms with Crippen LogP contribution in [0.3, 0.4) is 0 Å². The zero-order valence-corrected chi connectivity index (χ0v) is 18.5. The van der Waals surface area contributed by atoms with Gasteiger partial charge in [0, 0.05) is 6.61 Å². The van der Waals surface area contributed by atoms with E-state index in [0.717, 1.165) is 19.3 Å². The van der Waals surface area contributed by atoms with Crippen molar-refractivity contribution in [2.75, 3.05) is 26.2 Å². The fraction of sp³-hybridized carbons (Fsp3) is 0.720. The van der Waals surface area contributed by atoms with Gasteiger partial charge in [0.15, 0.2) is 0 Å². The molecule has 1 N–H and O–H groups in total. The second-order valence-corrected chi connectivity index (χ2v) is 10.6. The molecule has 29 heavy (non-hydrogen) atoms. The van der Waals surface area contributed by atoms with Crippen molar-refractivity contribution in [2.24, 2.45) is 5.41 Å². The molecular formula is C25H38N2O2. The molecule has 1 aromatic carbocycles. The van der Waals surface area contributed by atoms with E-state index in [0.29, 0.717) is 17.4 Å². The minimum atomic E-state index is -0.246. The Bertz CT molecular complexity index is 710. The fourth-order valence-corrected chi connectivity index (χ4v) is 5.41. The van der Waals surface area contributed by atoms with Gasteiger partial charge >= 0.3 is 0 Å². The SMILES string of the molecule is CC(C)(C)CCN1CCC2(CC[C@@H](NC(=O)C3CCCO3)c3ccccc32)CC1. The van der Waals surface area contributed by atoms with Gasteiger partial charge < -0.3 is 15.0 Å². The predicted molar refractivity (Wildman–Crippen MR) is 117 cm³/mol. The molecule has 3 aliphatic rings. The third kappa shape index (κ3) is 4.69. The number of ether oxygens (including phenoxy) is 1. The third-order valence-electron chi connectivity index (χ3n) is 7.35. The number of amides is 1. The van der Waals surface area contributed by atoms with E-state index in [4.69, 9.17) is 4.74 Å². The average Bonchev–Trinajstić information content (AvgIpc) is 3.24. The van der Waals surface area contributed by atoms with E-state index < -0.39 is 0 Å².